The SMILES string of the molecule is O=C=NC(CCOCCC(N=C=O)N=C=O)N=C=O. The van der Waals surface area contributed by atoms with Crippen molar-refractivity contribution in [3.63, 3.8) is 0 Å². The van der Waals surface area contributed by atoms with Crippen LogP contribution in [0.5, 0.6) is 0 Å². The van der Waals surface area contributed by atoms with Crippen molar-refractivity contribution in [1.82, 2.24) is 0 Å². The van der Waals surface area contributed by atoms with Crippen LogP contribution in [-0.2, 0) is 23.9 Å². The summed E-state index contributed by atoms with van der Waals surface area (Å²) in [6, 6.07) is 0. The standard InChI is InChI=1S/C10H10N4O5/c15-5-11-9(12-6-16)1-3-19-4-2-10(13-7-17)14-8-18/h9-10H,1-4H2. The van der Waals surface area contributed by atoms with E-state index in [-0.39, 0.29) is 26.1 Å². The molecular weight excluding hydrogens is 256 g/mol. The Bertz CT molecular complexity index is 377. The number of ether oxygens (including phenoxy) is 1. The molecule has 0 saturated carbocycles. The number of nitrogens with zero attached hydrogens (tertiary/aromatic N) is 4. The first-order valence-electron chi connectivity index (χ1n) is 5.14. The summed E-state index contributed by atoms with van der Waals surface area (Å²) in [7, 11) is 0. The first-order valence-corrected chi connectivity index (χ1v) is 5.14. The molecule has 0 aliphatic carbocycles. The smallest absolute Gasteiger partial charge is 0.237 e. The topological polar surface area (TPSA) is 127 Å². The first kappa shape index (κ1) is 16.5. The fourth-order valence-corrected chi connectivity index (χ4v) is 1.04. The zero-order chi connectivity index (χ0) is 14.3. The molecule has 0 aromatic carbocycles. The van der Waals surface area contributed by atoms with Crippen molar-refractivity contribution in [1.29, 1.82) is 0 Å². The average molecular weight is 266 g/mol. The van der Waals surface area contributed by atoms with E-state index in [9.17, 15) is 19.2 Å². The van der Waals surface area contributed by atoms with E-state index >= 15 is 0 Å². The molecule has 0 unspecified atom stereocenters. The molecule has 0 aromatic heterocycles. The predicted octanol–water partition coefficient (Wildman–Crippen LogP) is -0.221. The Balaban J connectivity index is 3.96. The molecule has 9 heteroatoms. The lowest BCUT2D eigenvalue weighted by molar-refractivity contribution is 0.122. The third-order valence-corrected chi connectivity index (χ3v) is 1.85. The van der Waals surface area contributed by atoms with Crippen molar-refractivity contribution < 1.29 is 23.9 Å². The van der Waals surface area contributed by atoms with Crippen LogP contribution in [0.4, 0.5) is 0 Å². The minimum atomic E-state index is -0.869. The highest BCUT2D eigenvalue weighted by Gasteiger charge is 2.06. The van der Waals surface area contributed by atoms with Crippen LogP contribution < -0.4 is 0 Å². The van der Waals surface area contributed by atoms with E-state index < -0.39 is 12.3 Å². The second kappa shape index (κ2) is 12.0. The zero-order valence-corrected chi connectivity index (χ0v) is 9.81. The summed E-state index contributed by atoms with van der Waals surface area (Å²) in [5.41, 5.74) is 0. The molecule has 100 valence electrons. The molecule has 0 radical (unpaired) electrons. The van der Waals surface area contributed by atoms with Gasteiger partial charge in [0, 0.05) is 12.8 Å². The number of aliphatic imine (C=N–C) groups is 4. The molecule has 0 spiro atoms. The Hall–Kier alpha value is -2.52. The Morgan fingerprint density at radius 2 is 1.00 bits per heavy atom. The molecule has 0 atom stereocenters. The molecule has 0 saturated heterocycles. The number of hydrogen-bond donors (Lipinski definition) is 0. The zero-order valence-electron chi connectivity index (χ0n) is 9.81. The Morgan fingerprint density at radius 3 is 1.26 bits per heavy atom. The normalized spacial score (nSPS) is 11.8. The van der Waals surface area contributed by atoms with Gasteiger partial charge >= 0.3 is 0 Å². The fourth-order valence-electron chi connectivity index (χ4n) is 1.04. The number of carbonyl (C=O) groups excluding carboxylic acids is 4. The highest BCUT2D eigenvalue weighted by atomic mass is 16.5. The monoisotopic (exact) mass is 266 g/mol. The second-order valence-corrected chi connectivity index (χ2v) is 3.03. The van der Waals surface area contributed by atoms with Crippen molar-refractivity contribution in [2.75, 3.05) is 13.2 Å². The molecule has 0 N–H and O–H groups in total. The van der Waals surface area contributed by atoms with Crippen LogP contribution in [0, 0.1) is 0 Å². The van der Waals surface area contributed by atoms with Crippen molar-refractivity contribution in [2.24, 2.45) is 20.0 Å². The fraction of sp³-hybridized carbons (Fsp3) is 0.600. The lowest BCUT2D eigenvalue weighted by Crippen LogP contribution is -2.10. The Kier molecular flexibility index (Phi) is 10.4. The molecule has 9 nitrogen and oxygen atoms in total. The molecule has 0 heterocycles. The van der Waals surface area contributed by atoms with E-state index in [1.807, 2.05) is 0 Å². The highest BCUT2D eigenvalue weighted by Crippen LogP contribution is 2.02. The van der Waals surface area contributed by atoms with E-state index in [0.717, 1.165) is 0 Å². The Morgan fingerprint density at radius 1 is 0.684 bits per heavy atom. The number of isocyanates is 4. The first-order chi connectivity index (χ1) is 9.28. The van der Waals surface area contributed by atoms with Crippen molar-refractivity contribution in [2.45, 2.75) is 25.2 Å². The van der Waals surface area contributed by atoms with Crippen molar-refractivity contribution in [3.8, 4) is 0 Å². The summed E-state index contributed by atoms with van der Waals surface area (Å²) in [4.78, 5) is 53.0. The number of hydrogen-bond acceptors (Lipinski definition) is 9. The van der Waals surface area contributed by atoms with Gasteiger partial charge in [0.25, 0.3) is 0 Å². The summed E-state index contributed by atoms with van der Waals surface area (Å²) >= 11 is 0. The van der Waals surface area contributed by atoms with Gasteiger partial charge in [-0.25, -0.2) is 19.2 Å². The van der Waals surface area contributed by atoms with Crippen LogP contribution in [0.3, 0.4) is 0 Å². The largest absolute Gasteiger partial charge is 0.381 e. The maximum atomic E-state index is 9.99. The van der Waals surface area contributed by atoms with Gasteiger partial charge in [0.2, 0.25) is 24.3 Å². The van der Waals surface area contributed by atoms with Gasteiger partial charge in [0.15, 0.2) is 12.3 Å². The van der Waals surface area contributed by atoms with Crippen LogP contribution >= 0.6 is 0 Å². The summed E-state index contributed by atoms with van der Waals surface area (Å²) < 4.78 is 5.12. The van der Waals surface area contributed by atoms with Gasteiger partial charge in [-0.3, -0.25) is 0 Å². The van der Waals surface area contributed by atoms with Gasteiger partial charge in [-0.2, -0.15) is 20.0 Å². The van der Waals surface area contributed by atoms with Crippen LogP contribution in [0.1, 0.15) is 12.8 Å². The number of rotatable bonds is 10. The highest BCUT2D eigenvalue weighted by molar-refractivity contribution is 5.37. The minimum Gasteiger partial charge on any atom is -0.381 e. The molecule has 0 rings (SSSR count). The summed E-state index contributed by atoms with van der Waals surface area (Å²) in [5, 5.41) is 0. The average Bonchev–Trinajstić information content (AvgIpc) is 2.39. The molecule has 0 aromatic rings. The third kappa shape index (κ3) is 9.21. The maximum Gasteiger partial charge on any atom is 0.237 e. The van der Waals surface area contributed by atoms with E-state index in [1.54, 1.807) is 0 Å². The van der Waals surface area contributed by atoms with Gasteiger partial charge < -0.3 is 4.74 Å². The quantitative estimate of drug-likeness (QED) is 0.307. The molecule has 0 aliphatic heterocycles. The summed E-state index contributed by atoms with van der Waals surface area (Å²) in [6.45, 7) is 0.312. The molecule has 0 aliphatic rings. The van der Waals surface area contributed by atoms with Crippen molar-refractivity contribution >= 4 is 24.3 Å². The minimum absolute atomic E-state index is 0.156. The lowest BCUT2D eigenvalue weighted by Gasteiger charge is -2.06. The van der Waals surface area contributed by atoms with E-state index in [1.165, 1.54) is 24.3 Å². The predicted molar refractivity (Wildman–Crippen MR) is 60.1 cm³/mol. The van der Waals surface area contributed by atoms with E-state index in [2.05, 4.69) is 20.0 Å². The lowest BCUT2D eigenvalue weighted by atomic mass is 10.3. The van der Waals surface area contributed by atoms with Gasteiger partial charge in [0.1, 0.15) is 0 Å². The summed E-state index contributed by atoms with van der Waals surface area (Å²) in [5.74, 6) is 0. The van der Waals surface area contributed by atoms with Crippen molar-refractivity contribution in [3.05, 3.63) is 0 Å². The van der Waals surface area contributed by atoms with Gasteiger partial charge in [-0.05, 0) is 0 Å². The maximum absolute atomic E-state index is 9.99. The molecular formula is C10H10N4O5. The molecule has 0 amide bonds. The van der Waals surface area contributed by atoms with E-state index in [4.69, 9.17) is 4.74 Å². The van der Waals surface area contributed by atoms with Gasteiger partial charge in [-0.15, -0.1) is 0 Å². The summed E-state index contributed by atoms with van der Waals surface area (Å²) in [6.07, 6.45) is 3.76. The Labute approximate surface area is 107 Å². The molecule has 0 bridgehead atoms. The van der Waals surface area contributed by atoms with Gasteiger partial charge in [-0.1, -0.05) is 0 Å². The second-order valence-electron chi connectivity index (χ2n) is 3.03. The van der Waals surface area contributed by atoms with Crippen LogP contribution in [0.15, 0.2) is 20.0 Å². The third-order valence-electron chi connectivity index (χ3n) is 1.85. The van der Waals surface area contributed by atoms with Crippen LogP contribution in [-0.4, -0.2) is 49.9 Å². The van der Waals surface area contributed by atoms with Crippen LogP contribution in [0.2, 0.25) is 0 Å². The molecule has 0 fully saturated rings. The van der Waals surface area contributed by atoms with Crippen LogP contribution in [0.25, 0.3) is 0 Å². The molecule has 19 heavy (non-hydrogen) atoms. The van der Waals surface area contributed by atoms with E-state index in [0.29, 0.717) is 0 Å². The van der Waals surface area contributed by atoms with Gasteiger partial charge in [0.05, 0.1) is 13.2 Å².